The molecule has 7 heteroatoms. The molecule has 1 aromatic rings. The Morgan fingerprint density at radius 3 is 2.67 bits per heavy atom. The van der Waals surface area contributed by atoms with Crippen LogP contribution in [0.2, 0.25) is 0 Å². The number of nitrogens with zero attached hydrogens (tertiary/aromatic N) is 2. The second-order valence-corrected chi connectivity index (χ2v) is 9.13. The molecule has 0 radical (unpaired) electrons. The predicted molar refractivity (Wildman–Crippen MR) is 116 cm³/mol. The van der Waals surface area contributed by atoms with Crippen LogP contribution in [-0.2, 0) is 9.53 Å². The number of anilines is 2. The Balaban J connectivity index is 1.46. The van der Waals surface area contributed by atoms with Gasteiger partial charge in [-0.05, 0) is 75.6 Å². The molecular weight excluding hydrogens is 382 g/mol. The lowest BCUT2D eigenvalue weighted by molar-refractivity contribution is -0.139. The molecule has 0 aromatic heterocycles. The van der Waals surface area contributed by atoms with Gasteiger partial charge in [-0.3, -0.25) is 10.1 Å². The molecule has 2 heterocycles. The zero-order valence-corrected chi connectivity index (χ0v) is 18.0. The molecule has 7 nitrogen and oxygen atoms in total. The van der Waals surface area contributed by atoms with Crippen molar-refractivity contribution in [1.29, 1.82) is 0 Å². The number of piperidine rings is 1. The molecule has 2 amide bonds. The maximum atomic E-state index is 13.5. The third-order valence-corrected chi connectivity index (χ3v) is 7.23. The number of carbonyl (C=O) groups is 2. The first-order valence-corrected chi connectivity index (χ1v) is 11.1. The van der Waals surface area contributed by atoms with Gasteiger partial charge in [-0.2, -0.15) is 0 Å². The summed E-state index contributed by atoms with van der Waals surface area (Å²) >= 11 is 0. The van der Waals surface area contributed by atoms with E-state index in [0.29, 0.717) is 11.9 Å². The van der Waals surface area contributed by atoms with E-state index in [-0.39, 0.29) is 11.5 Å². The van der Waals surface area contributed by atoms with Gasteiger partial charge < -0.3 is 19.6 Å². The van der Waals surface area contributed by atoms with E-state index in [1.165, 1.54) is 7.11 Å². The molecule has 30 heavy (non-hydrogen) atoms. The van der Waals surface area contributed by atoms with Crippen molar-refractivity contribution in [2.45, 2.75) is 64.0 Å². The monoisotopic (exact) mass is 415 g/mol. The second kappa shape index (κ2) is 8.46. The maximum absolute atomic E-state index is 13.5. The Labute approximate surface area is 178 Å². The smallest absolute Gasteiger partial charge is 0.411 e. The van der Waals surface area contributed by atoms with E-state index in [1.54, 1.807) is 0 Å². The Bertz CT molecular complexity index is 806. The summed E-state index contributed by atoms with van der Waals surface area (Å²) in [5.41, 5.74) is 2.51. The minimum atomic E-state index is -0.477. The predicted octanol–water partition coefficient (Wildman–Crippen LogP) is 3.30. The SMILES string of the molecule is COC(=O)Nc1ccc(N2CCC[C@@]3(CCN(C4CCC(O)CC4)C3=O)C2)cc1C. The number of amides is 2. The van der Waals surface area contributed by atoms with Crippen LogP contribution in [0.15, 0.2) is 18.2 Å². The molecule has 2 N–H and O–H groups in total. The molecular formula is C23H33N3O4. The van der Waals surface area contributed by atoms with Crippen LogP contribution >= 0.6 is 0 Å². The van der Waals surface area contributed by atoms with Gasteiger partial charge in [0.2, 0.25) is 5.91 Å². The fourth-order valence-electron chi connectivity index (χ4n) is 5.44. The molecule has 1 aromatic carbocycles. The number of hydrogen-bond acceptors (Lipinski definition) is 5. The zero-order valence-electron chi connectivity index (χ0n) is 18.0. The molecule has 1 spiro atoms. The number of nitrogens with one attached hydrogen (secondary N) is 1. The van der Waals surface area contributed by atoms with Gasteiger partial charge in [0.05, 0.1) is 18.6 Å². The number of hydrogen-bond donors (Lipinski definition) is 2. The summed E-state index contributed by atoms with van der Waals surface area (Å²) in [6, 6.07) is 6.28. The van der Waals surface area contributed by atoms with Gasteiger partial charge in [0.1, 0.15) is 0 Å². The Morgan fingerprint density at radius 1 is 1.20 bits per heavy atom. The first-order chi connectivity index (χ1) is 14.4. The van der Waals surface area contributed by atoms with E-state index >= 15 is 0 Å². The van der Waals surface area contributed by atoms with Crippen LogP contribution in [0, 0.1) is 12.3 Å². The van der Waals surface area contributed by atoms with Crippen molar-refractivity contribution in [3.8, 4) is 0 Å². The van der Waals surface area contributed by atoms with Crippen LogP contribution in [0.1, 0.15) is 50.5 Å². The molecule has 1 atom stereocenters. The molecule has 3 aliphatic rings. The lowest BCUT2D eigenvalue weighted by Gasteiger charge is -2.41. The highest BCUT2D eigenvalue weighted by Crippen LogP contribution is 2.43. The van der Waals surface area contributed by atoms with Crippen LogP contribution in [0.3, 0.4) is 0 Å². The fourth-order valence-corrected chi connectivity index (χ4v) is 5.44. The van der Waals surface area contributed by atoms with E-state index in [4.69, 9.17) is 0 Å². The van der Waals surface area contributed by atoms with Crippen LogP contribution < -0.4 is 10.2 Å². The summed E-state index contributed by atoms with van der Waals surface area (Å²) in [6.45, 7) is 4.50. The lowest BCUT2D eigenvalue weighted by Crippen LogP contribution is -2.50. The normalized spacial score (nSPS) is 29.4. The number of aliphatic hydroxyl groups excluding tert-OH is 1. The maximum Gasteiger partial charge on any atom is 0.411 e. The third-order valence-electron chi connectivity index (χ3n) is 7.23. The van der Waals surface area contributed by atoms with Crippen molar-refractivity contribution in [3.05, 3.63) is 23.8 Å². The van der Waals surface area contributed by atoms with Gasteiger partial charge in [0.15, 0.2) is 0 Å². The molecule has 3 fully saturated rings. The number of rotatable bonds is 3. The quantitative estimate of drug-likeness (QED) is 0.792. The minimum Gasteiger partial charge on any atom is -0.453 e. The van der Waals surface area contributed by atoms with Gasteiger partial charge in [-0.1, -0.05) is 0 Å². The number of aryl methyl sites for hydroxylation is 1. The third kappa shape index (κ3) is 4.00. The second-order valence-electron chi connectivity index (χ2n) is 9.13. The van der Waals surface area contributed by atoms with Crippen molar-refractivity contribution in [2.75, 3.05) is 37.0 Å². The van der Waals surface area contributed by atoms with Crippen molar-refractivity contribution >= 4 is 23.4 Å². The zero-order chi connectivity index (χ0) is 21.3. The van der Waals surface area contributed by atoms with Gasteiger partial charge in [-0.25, -0.2) is 4.79 Å². The van der Waals surface area contributed by atoms with Crippen molar-refractivity contribution in [2.24, 2.45) is 5.41 Å². The molecule has 0 unspecified atom stereocenters. The molecule has 2 aliphatic heterocycles. The van der Waals surface area contributed by atoms with Gasteiger partial charge in [0.25, 0.3) is 0 Å². The highest BCUT2D eigenvalue weighted by atomic mass is 16.5. The molecule has 4 rings (SSSR count). The number of methoxy groups -OCH3 is 1. The first-order valence-electron chi connectivity index (χ1n) is 11.1. The molecule has 164 valence electrons. The Morgan fingerprint density at radius 2 is 1.97 bits per heavy atom. The summed E-state index contributed by atoms with van der Waals surface area (Å²) in [4.78, 5) is 29.4. The standard InChI is InChI=1S/C23H33N3O4/c1-16-14-18(6-9-20(16)24-22(29)30-2)25-12-3-10-23(15-25)11-13-26(21(23)28)17-4-7-19(27)8-5-17/h6,9,14,17,19,27H,3-5,7-8,10-13,15H2,1-2H3,(H,24,29)/t17?,19?,23-/m1/s1. The van der Waals surface area contributed by atoms with Crippen molar-refractivity contribution in [3.63, 3.8) is 0 Å². The highest BCUT2D eigenvalue weighted by Gasteiger charge is 2.50. The van der Waals surface area contributed by atoms with Crippen molar-refractivity contribution < 1.29 is 19.4 Å². The molecule has 1 saturated carbocycles. The van der Waals surface area contributed by atoms with Crippen LogP contribution in [0.4, 0.5) is 16.2 Å². The van der Waals surface area contributed by atoms with Crippen LogP contribution in [-0.4, -0.2) is 60.9 Å². The van der Waals surface area contributed by atoms with E-state index in [2.05, 4.69) is 25.9 Å². The molecule has 0 bridgehead atoms. The summed E-state index contributed by atoms with van der Waals surface area (Å²) in [6.07, 6.45) is 5.65. The average Bonchev–Trinajstić information content (AvgIpc) is 3.05. The first kappa shape index (κ1) is 21.0. The number of aliphatic hydroxyl groups is 1. The van der Waals surface area contributed by atoms with E-state index in [1.807, 2.05) is 19.1 Å². The number of ether oxygens (including phenoxy) is 1. The Hall–Kier alpha value is -2.28. The van der Waals surface area contributed by atoms with E-state index < -0.39 is 6.09 Å². The Kier molecular flexibility index (Phi) is 5.91. The summed E-state index contributed by atoms with van der Waals surface area (Å²) in [5, 5.41) is 12.5. The number of benzene rings is 1. The molecule has 2 saturated heterocycles. The van der Waals surface area contributed by atoms with Crippen molar-refractivity contribution in [1.82, 2.24) is 4.90 Å². The number of carbonyl (C=O) groups excluding carboxylic acids is 2. The highest BCUT2D eigenvalue weighted by molar-refractivity contribution is 5.87. The lowest BCUT2D eigenvalue weighted by atomic mass is 9.78. The van der Waals surface area contributed by atoms with Crippen LogP contribution in [0.25, 0.3) is 0 Å². The minimum absolute atomic E-state index is 0.196. The summed E-state index contributed by atoms with van der Waals surface area (Å²) < 4.78 is 4.68. The van der Waals surface area contributed by atoms with Gasteiger partial charge in [0, 0.05) is 37.1 Å². The molecule has 1 aliphatic carbocycles. The van der Waals surface area contributed by atoms with Gasteiger partial charge in [-0.15, -0.1) is 0 Å². The summed E-state index contributed by atoms with van der Waals surface area (Å²) in [5.74, 6) is 0.314. The largest absolute Gasteiger partial charge is 0.453 e. The topological polar surface area (TPSA) is 82.1 Å². The average molecular weight is 416 g/mol. The number of likely N-dealkylation sites (tertiary alicyclic amines) is 1. The summed E-state index contributed by atoms with van der Waals surface area (Å²) in [7, 11) is 1.35. The van der Waals surface area contributed by atoms with E-state index in [9.17, 15) is 14.7 Å². The van der Waals surface area contributed by atoms with Crippen LogP contribution in [0.5, 0.6) is 0 Å². The van der Waals surface area contributed by atoms with E-state index in [0.717, 1.165) is 81.5 Å². The fraction of sp³-hybridized carbons (Fsp3) is 0.652. The van der Waals surface area contributed by atoms with Gasteiger partial charge >= 0.3 is 6.09 Å².